The molecule has 2 heterocycles. The van der Waals surface area contributed by atoms with Crippen molar-refractivity contribution in [1.82, 2.24) is 9.55 Å². The van der Waals surface area contributed by atoms with Crippen LogP contribution in [0.5, 0.6) is 11.5 Å². The predicted octanol–water partition coefficient (Wildman–Crippen LogP) is 5.07. The lowest BCUT2D eigenvalue weighted by Gasteiger charge is -2.31. The van der Waals surface area contributed by atoms with Gasteiger partial charge < -0.3 is 19.5 Å². The number of fused-ring (bicyclic) bond motifs is 3. The molecule has 1 N–H and O–H groups in total. The number of rotatable bonds is 7. The molecular formula is C25H29N3O4. The zero-order valence-corrected chi connectivity index (χ0v) is 19.1. The maximum Gasteiger partial charge on any atom is 0.338 e. The van der Waals surface area contributed by atoms with Crippen LogP contribution in [0.25, 0.3) is 11.0 Å². The molecule has 3 aromatic rings. The molecular weight excluding hydrogens is 406 g/mol. The van der Waals surface area contributed by atoms with Crippen molar-refractivity contribution in [2.75, 3.05) is 18.5 Å². The van der Waals surface area contributed by atoms with Crippen LogP contribution in [0.3, 0.4) is 0 Å². The Balaban J connectivity index is 1.93. The number of hydrogen-bond acceptors (Lipinski definition) is 6. The van der Waals surface area contributed by atoms with Crippen molar-refractivity contribution in [2.45, 2.75) is 46.8 Å². The zero-order chi connectivity index (χ0) is 22.8. The molecule has 4 rings (SSSR count). The van der Waals surface area contributed by atoms with Crippen LogP contribution in [0.1, 0.15) is 46.2 Å². The highest BCUT2D eigenvalue weighted by atomic mass is 16.5. The second-order valence-corrected chi connectivity index (χ2v) is 7.89. The van der Waals surface area contributed by atoms with Crippen LogP contribution in [-0.2, 0) is 9.53 Å². The SMILES string of the molecule is CCOc1ccc([C@H]2C(C(=O)OC(C)C)=C(C)Nc3nc4ccccc4n32)cc1OCC. The van der Waals surface area contributed by atoms with Crippen molar-refractivity contribution in [3.63, 3.8) is 0 Å². The summed E-state index contributed by atoms with van der Waals surface area (Å²) in [7, 11) is 0. The van der Waals surface area contributed by atoms with Gasteiger partial charge in [-0.1, -0.05) is 18.2 Å². The van der Waals surface area contributed by atoms with Crippen LogP contribution >= 0.6 is 0 Å². The van der Waals surface area contributed by atoms with E-state index >= 15 is 0 Å². The molecule has 0 fully saturated rings. The van der Waals surface area contributed by atoms with Gasteiger partial charge in [0.15, 0.2) is 11.5 Å². The second kappa shape index (κ2) is 8.94. The van der Waals surface area contributed by atoms with Gasteiger partial charge in [-0.2, -0.15) is 0 Å². The number of benzene rings is 2. The summed E-state index contributed by atoms with van der Waals surface area (Å²) in [6.07, 6.45) is -0.233. The quantitative estimate of drug-likeness (QED) is 0.522. The minimum absolute atomic E-state index is 0.233. The Kier molecular flexibility index (Phi) is 6.08. The van der Waals surface area contributed by atoms with Gasteiger partial charge in [0.1, 0.15) is 0 Å². The normalized spacial score (nSPS) is 15.5. The number of nitrogens with one attached hydrogen (secondary N) is 1. The van der Waals surface area contributed by atoms with Crippen LogP contribution in [-0.4, -0.2) is 34.8 Å². The summed E-state index contributed by atoms with van der Waals surface area (Å²) in [5.41, 5.74) is 3.92. The highest BCUT2D eigenvalue weighted by Gasteiger charge is 2.35. The highest BCUT2D eigenvalue weighted by Crippen LogP contribution is 2.42. The van der Waals surface area contributed by atoms with Crippen LogP contribution in [0.15, 0.2) is 53.7 Å². The molecule has 0 saturated carbocycles. The number of carbonyl (C=O) groups excluding carboxylic acids is 1. The lowest BCUT2D eigenvalue weighted by atomic mass is 9.94. The summed E-state index contributed by atoms with van der Waals surface area (Å²) < 4.78 is 19.3. The van der Waals surface area contributed by atoms with Crippen molar-refractivity contribution < 1.29 is 19.0 Å². The van der Waals surface area contributed by atoms with Gasteiger partial charge in [-0.25, -0.2) is 9.78 Å². The van der Waals surface area contributed by atoms with E-state index < -0.39 is 6.04 Å². The van der Waals surface area contributed by atoms with Crippen molar-refractivity contribution in [3.05, 3.63) is 59.3 Å². The third-order valence-electron chi connectivity index (χ3n) is 5.28. The number of allylic oxidation sites excluding steroid dienone is 1. The van der Waals surface area contributed by atoms with Crippen molar-refractivity contribution in [2.24, 2.45) is 0 Å². The lowest BCUT2D eigenvalue weighted by Crippen LogP contribution is -2.30. The molecule has 32 heavy (non-hydrogen) atoms. The lowest BCUT2D eigenvalue weighted by molar-refractivity contribution is -0.143. The van der Waals surface area contributed by atoms with Gasteiger partial charge in [0.05, 0.1) is 42.0 Å². The Hall–Kier alpha value is -3.48. The van der Waals surface area contributed by atoms with Crippen LogP contribution in [0.4, 0.5) is 5.95 Å². The Labute approximate surface area is 188 Å². The Morgan fingerprint density at radius 2 is 1.81 bits per heavy atom. The van der Waals surface area contributed by atoms with E-state index in [1.54, 1.807) is 0 Å². The third kappa shape index (κ3) is 3.90. The number of nitrogens with zero attached hydrogens (tertiary/aromatic N) is 2. The van der Waals surface area contributed by atoms with Crippen LogP contribution < -0.4 is 14.8 Å². The van der Waals surface area contributed by atoms with Crippen molar-refractivity contribution in [1.29, 1.82) is 0 Å². The molecule has 0 saturated heterocycles. The van der Waals surface area contributed by atoms with Crippen LogP contribution in [0, 0.1) is 0 Å². The molecule has 0 spiro atoms. The largest absolute Gasteiger partial charge is 0.490 e. The van der Waals surface area contributed by atoms with E-state index in [9.17, 15) is 4.79 Å². The predicted molar refractivity (Wildman–Crippen MR) is 124 cm³/mol. The number of para-hydroxylation sites is 2. The minimum atomic E-state index is -0.431. The van der Waals surface area contributed by atoms with E-state index in [4.69, 9.17) is 19.2 Å². The first-order valence-electron chi connectivity index (χ1n) is 11.0. The van der Waals surface area contributed by atoms with Gasteiger partial charge in [0, 0.05) is 5.70 Å². The van der Waals surface area contributed by atoms with Crippen molar-refractivity contribution >= 4 is 23.0 Å². The monoisotopic (exact) mass is 435 g/mol. The number of ether oxygens (including phenoxy) is 3. The highest BCUT2D eigenvalue weighted by molar-refractivity contribution is 5.94. The number of imidazole rings is 1. The standard InChI is InChI=1S/C25H29N3O4/c1-6-30-20-13-12-17(14-21(20)31-7-2)23-22(24(29)32-15(3)4)16(5)26-25-27-18-10-8-9-11-19(18)28(23)25/h8-15,23H,6-7H2,1-5H3,(H,26,27)/t23-/m0/s1. The van der Waals surface area contributed by atoms with E-state index in [0.717, 1.165) is 22.3 Å². The molecule has 0 radical (unpaired) electrons. The first-order chi connectivity index (χ1) is 15.4. The van der Waals surface area contributed by atoms with Gasteiger partial charge in [-0.15, -0.1) is 0 Å². The van der Waals surface area contributed by atoms with Gasteiger partial charge in [0.25, 0.3) is 0 Å². The molecule has 0 bridgehead atoms. The molecule has 1 aliphatic rings. The van der Waals surface area contributed by atoms with Gasteiger partial charge in [-0.05, 0) is 64.4 Å². The summed E-state index contributed by atoms with van der Waals surface area (Å²) in [5.74, 6) is 1.65. The summed E-state index contributed by atoms with van der Waals surface area (Å²) in [6, 6.07) is 13.3. The smallest absolute Gasteiger partial charge is 0.338 e. The fraction of sp³-hybridized carbons (Fsp3) is 0.360. The van der Waals surface area contributed by atoms with Gasteiger partial charge in [0.2, 0.25) is 5.95 Å². The molecule has 7 heteroatoms. The fourth-order valence-electron chi connectivity index (χ4n) is 4.06. The topological polar surface area (TPSA) is 74.6 Å². The van der Waals surface area contributed by atoms with E-state index in [2.05, 4.69) is 5.32 Å². The number of carbonyl (C=O) groups is 1. The number of aromatic nitrogens is 2. The Morgan fingerprint density at radius 1 is 1.09 bits per heavy atom. The average molecular weight is 436 g/mol. The summed E-state index contributed by atoms with van der Waals surface area (Å²) in [6.45, 7) is 10.5. The fourth-order valence-corrected chi connectivity index (χ4v) is 4.06. The number of hydrogen-bond donors (Lipinski definition) is 1. The maximum atomic E-state index is 13.2. The second-order valence-electron chi connectivity index (χ2n) is 7.89. The molecule has 0 unspecified atom stereocenters. The Morgan fingerprint density at radius 3 is 2.53 bits per heavy atom. The average Bonchev–Trinajstić information content (AvgIpc) is 3.11. The Bertz CT molecular complexity index is 1180. The molecule has 0 aliphatic carbocycles. The molecule has 1 aromatic heterocycles. The first kappa shape index (κ1) is 21.7. The summed E-state index contributed by atoms with van der Waals surface area (Å²) in [4.78, 5) is 18.0. The van der Waals surface area contributed by atoms with E-state index in [0.29, 0.717) is 36.2 Å². The first-order valence-corrected chi connectivity index (χ1v) is 11.0. The molecule has 1 atom stereocenters. The van der Waals surface area contributed by atoms with Gasteiger partial charge >= 0.3 is 5.97 Å². The van der Waals surface area contributed by atoms with Crippen molar-refractivity contribution in [3.8, 4) is 11.5 Å². The summed E-state index contributed by atoms with van der Waals surface area (Å²) >= 11 is 0. The zero-order valence-electron chi connectivity index (χ0n) is 19.1. The maximum absolute atomic E-state index is 13.2. The number of anilines is 1. The molecule has 2 aromatic carbocycles. The number of esters is 1. The van der Waals surface area contributed by atoms with E-state index in [1.165, 1.54) is 0 Å². The van der Waals surface area contributed by atoms with Crippen LogP contribution in [0.2, 0.25) is 0 Å². The summed E-state index contributed by atoms with van der Waals surface area (Å²) in [5, 5.41) is 3.30. The molecule has 168 valence electrons. The van der Waals surface area contributed by atoms with E-state index in [1.807, 2.05) is 81.7 Å². The van der Waals surface area contributed by atoms with E-state index in [-0.39, 0.29) is 12.1 Å². The third-order valence-corrected chi connectivity index (χ3v) is 5.28. The van der Waals surface area contributed by atoms with Gasteiger partial charge in [-0.3, -0.25) is 4.57 Å². The molecule has 7 nitrogen and oxygen atoms in total. The molecule has 1 aliphatic heterocycles. The molecule has 0 amide bonds. The minimum Gasteiger partial charge on any atom is -0.490 e.